The number of anilines is 1. The van der Waals surface area contributed by atoms with Crippen LogP contribution in [-0.2, 0) is 4.79 Å². The first-order valence-electron chi connectivity index (χ1n) is 10.4. The topological polar surface area (TPSA) is 32.3 Å². The maximum absolute atomic E-state index is 13.7. The second-order valence-electron chi connectivity index (χ2n) is 7.81. The Morgan fingerprint density at radius 3 is 2.31 bits per heavy atom. The highest BCUT2D eigenvalue weighted by atomic mass is 16.2. The van der Waals surface area contributed by atoms with E-state index < -0.39 is 0 Å². The van der Waals surface area contributed by atoms with Gasteiger partial charge in [-0.2, -0.15) is 0 Å². The molecule has 2 atom stereocenters. The summed E-state index contributed by atoms with van der Waals surface area (Å²) in [5.41, 5.74) is 4.55. The number of hydrogen-bond donors (Lipinski definition) is 1. The zero-order valence-electron chi connectivity index (χ0n) is 16.9. The molecule has 0 bridgehead atoms. The standard InChI is InChI=1S/C26H28N2O/c1-20-14-16-21(17-15-20)24(19-27-23-11-6-3-7-12-23)26(29)28-18-8-13-25(28)22-9-4-2-5-10-22/h2-7,9-12,14-17,24-25,27H,8,13,18-19H2,1H3/t24-,25-/m1/s1. The van der Waals surface area contributed by atoms with Crippen molar-refractivity contribution in [1.29, 1.82) is 0 Å². The van der Waals surface area contributed by atoms with Crippen molar-refractivity contribution in [2.45, 2.75) is 31.7 Å². The minimum Gasteiger partial charge on any atom is -0.384 e. The Bertz CT molecular complexity index is 922. The molecule has 1 aliphatic heterocycles. The number of carbonyl (C=O) groups excluding carboxylic acids is 1. The number of likely N-dealkylation sites (tertiary alicyclic amines) is 1. The zero-order chi connectivity index (χ0) is 20.1. The van der Waals surface area contributed by atoms with E-state index in [-0.39, 0.29) is 17.9 Å². The highest BCUT2D eigenvalue weighted by molar-refractivity contribution is 5.85. The molecule has 1 fully saturated rings. The number of nitrogens with one attached hydrogen (secondary N) is 1. The molecule has 29 heavy (non-hydrogen) atoms. The van der Waals surface area contributed by atoms with Crippen molar-refractivity contribution in [1.82, 2.24) is 4.90 Å². The number of hydrogen-bond acceptors (Lipinski definition) is 2. The quantitative estimate of drug-likeness (QED) is 0.604. The second-order valence-corrected chi connectivity index (χ2v) is 7.81. The summed E-state index contributed by atoms with van der Waals surface area (Å²) in [5, 5.41) is 3.47. The third kappa shape index (κ3) is 4.51. The summed E-state index contributed by atoms with van der Waals surface area (Å²) < 4.78 is 0. The molecule has 3 aromatic rings. The van der Waals surface area contributed by atoms with E-state index in [0.717, 1.165) is 30.6 Å². The van der Waals surface area contributed by atoms with Crippen molar-refractivity contribution in [2.75, 3.05) is 18.4 Å². The Morgan fingerprint density at radius 1 is 0.966 bits per heavy atom. The molecule has 3 nitrogen and oxygen atoms in total. The van der Waals surface area contributed by atoms with Gasteiger partial charge in [0.1, 0.15) is 0 Å². The van der Waals surface area contributed by atoms with E-state index in [1.54, 1.807) is 0 Å². The molecule has 0 radical (unpaired) electrons. The predicted octanol–water partition coefficient (Wildman–Crippen LogP) is 5.55. The molecule has 0 unspecified atom stereocenters. The van der Waals surface area contributed by atoms with E-state index in [1.165, 1.54) is 11.1 Å². The largest absolute Gasteiger partial charge is 0.384 e. The third-order valence-electron chi connectivity index (χ3n) is 5.78. The lowest BCUT2D eigenvalue weighted by molar-refractivity contribution is -0.133. The first-order valence-corrected chi connectivity index (χ1v) is 10.4. The minimum atomic E-state index is -0.208. The number of benzene rings is 3. The maximum Gasteiger partial charge on any atom is 0.232 e. The van der Waals surface area contributed by atoms with Crippen LogP contribution in [-0.4, -0.2) is 23.9 Å². The molecule has 0 aliphatic carbocycles. The first kappa shape index (κ1) is 19.3. The summed E-state index contributed by atoms with van der Waals surface area (Å²) in [6, 6.07) is 29.1. The number of rotatable bonds is 6. The van der Waals surface area contributed by atoms with Gasteiger partial charge in [-0.15, -0.1) is 0 Å². The van der Waals surface area contributed by atoms with Gasteiger partial charge in [-0.1, -0.05) is 78.4 Å². The van der Waals surface area contributed by atoms with Crippen LogP contribution in [0.5, 0.6) is 0 Å². The van der Waals surface area contributed by atoms with E-state index >= 15 is 0 Å². The lowest BCUT2D eigenvalue weighted by atomic mass is 9.95. The Kier molecular flexibility index (Phi) is 5.95. The van der Waals surface area contributed by atoms with Gasteiger partial charge in [-0.3, -0.25) is 4.79 Å². The summed E-state index contributed by atoms with van der Waals surface area (Å²) in [7, 11) is 0. The normalized spacial score (nSPS) is 17.1. The van der Waals surface area contributed by atoms with Gasteiger partial charge in [0.2, 0.25) is 5.91 Å². The van der Waals surface area contributed by atoms with Crippen LogP contribution in [0.15, 0.2) is 84.9 Å². The molecule has 0 saturated carbocycles. The highest BCUT2D eigenvalue weighted by Crippen LogP contribution is 2.34. The van der Waals surface area contributed by atoms with Crippen LogP contribution in [0.2, 0.25) is 0 Å². The molecular formula is C26H28N2O. The lowest BCUT2D eigenvalue weighted by Gasteiger charge is -2.30. The highest BCUT2D eigenvalue weighted by Gasteiger charge is 2.34. The van der Waals surface area contributed by atoms with Crippen LogP contribution in [0.1, 0.15) is 41.5 Å². The van der Waals surface area contributed by atoms with Crippen LogP contribution in [0.4, 0.5) is 5.69 Å². The van der Waals surface area contributed by atoms with Crippen molar-refractivity contribution in [3.05, 3.63) is 102 Å². The van der Waals surface area contributed by atoms with E-state index in [1.807, 2.05) is 36.4 Å². The summed E-state index contributed by atoms with van der Waals surface area (Å²) in [6.07, 6.45) is 2.08. The van der Waals surface area contributed by atoms with E-state index in [2.05, 4.69) is 65.7 Å². The van der Waals surface area contributed by atoms with Gasteiger partial charge in [0, 0.05) is 18.8 Å². The third-order valence-corrected chi connectivity index (χ3v) is 5.78. The number of nitrogens with zero attached hydrogens (tertiary/aromatic N) is 1. The van der Waals surface area contributed by atoms with E-state index in [4.69, 9.17) is 0 Å². The zero-order valence-corrected chi connectivity index (χ0v) is 16.9. The van der Waals surface area contributed by atoms with E-state index in [0.29, 0.717) is 6.54 Å². The van der Waals surface area contributed by atoms with Crippen LogP contribution in [0, 0.1) is 6.92 Å². The summed E-state index contributed by atoms with van der Waals surface area (Å²) in [4.78, 5) is 15.8. The first-order chi connectivity index (χ1) is 14.2. The molecule has 1 N–H and O–H groups in total. The lowest BCUT2D eigenvalue weighted by Crippen LogP contribution is -2.37. The number of carbonyl (C=O) groups is 1. The number of aryl methyl sites for hydroxylation is 1. The molecule has 1 heterocycles. The Hall–Kier alpha value is -3.07. The fraction of sp³-hybridized carbons (Fsp3) is 0.269. The number of para-hydroxylation sites is 1. The summed E-state index contributed by atoms with van der Waals surface area (Å²) in [5.74, 6) is 0.00348. The molecule has 148 valence electrons. The Morgan fingerprint density at radius 2 is 1.62 bits per heavy atom. The van der Waals surface area contributed by atoms with E-state index in [9.17, 15) is 4.79 Å². The van der Waals surface area contributed by atoms with Gasteiger partial charge in [0.05, 0.1) is 12.0 Å². The molecule has 4 rings (SSSR count). The molecule has 3 heteroatoms. The fourth-order valence-electron chi connectivity index (χ4n) is 4.17. The Labute approximate surface area is 173 Å². The van der Waals surface area contributed by atoms with Gasteiger partial charge < -0.3 is 10.2 Å². The van der Waals surface area contributed by atoms with Gasteiger partial charge in [-0.05, 0) is 43.0 Å². The second kappa shape index (κ2) is 8.95. The average Bonchev–Trinajstić information content (AvgIpc) is 3.26. The molecule has 3 aromatic carbocycles. The maximum atomic E-state index is 13.7. The van der Waals surface area contributed by atoms with Gasteiger partial charge in [0.25, 0.3) is 0 Å². The average molecular weight is 385 g/mol. The number of amides is 1. The van der Waals surface area contributed by atoms with Gasteiger partial charge in [-0.25, -0.2) is 0 Å². The van der Waals surface area contributed by atoms with Gasteiger partial charge in [0.15, 0.2) is 0 Å². The molecule has 1 saturated heterocycles. The fourth-order valence-corrected chi connectivity index (χ4v) is 4.17. The van der Waals surface area contributed by atoms with Crippen LogP contribution < -0.4 is 5.32 Å². The van der Waals surface area contributed by atoms with Crippen molar-refractivity contribution < 1.29 is 4.79 Å². The monoisotopic (exact) mass is 384 g/mol. The molecule has 0 aromatic heterocycles. The van der Waals surface area contributed by atoms with Gasteiger partial charge >= 0.3 is 0 Å². The molecule has 1 amide bonds. The molecule has 0 spiro atoms. The molecular weight excluding hydrogens is 356 g/mol. The SMILES string of the molecule is Cc1ccc([C@@H](CNc2ccccc2)C(=O)N2CCC[C@@H]2c2ccccc2)cc1. The van der Waals surface area contributed by atoms with Crippen molar-refractivity contribution in [3.63, 3.8) is 0 Å². The minimum absolute atomic E-state index is 0.174. The van der Waals surface area contributed by atoms with Crippen molar-refractivity contribution in [2.24, 2.45) is 0 Å². The van der Waals surface area contributed by atoms with Crippen LogP contribution in [0.25, 0.3) is 0 Å². The smallest absolute Gasteiger partial charge is 0.232 e. The van der Waals surface area contributed by atoms with Crippen LogP contribution in [0.3, 0.4) is 0 Å². The van der Waals surface area contributed by atoms with Crippen LogP contribution >= 0.6 is 0 Å². The molecule has 1 aliphatic rings. The van der Waals surface area contributed by atoms with Crippen molar-refractivity contribution in [3.8, 4) is 0 Å². The predicted molar refractivity (Wildman–Crippen MR) is 119 cm³/mol. The Balaban J connectivity index is 1.59. The summed E-state index contributed by atoms with van der Waals surface area (Å²) >= 11 is 0. The van der Waals surface area contributed by atoms with Crippen molar-refractivity contribution >= 4 is 11.6 Å². The summed E-state index contributed by atoms with van der Waals surface area (Å²) in [6.45, 7) is 3.49.